The van der Waals surface area contributed by atoms with Crippen LogP contribution in [-0.2, 0) is 5.41 Å². The Bertz CT molecular complexity index is 3550. The maximum atomic E-state index is 9.13. The fourth-order valence-electron chi connectivity index (χ4n) is 9.78. The lowest BCUT2D eigenvalue weighted by atomic mass is 9.59. The van der Waals surface area contributed by atoms with E-state index in [2.05, 4.69) is 162 Å². The lowest BCUT2D eigenvalue weighted by molar-refractivity contribution is 0.463. The van der Waals surface area contributed by atoms with Gasteiger partial charge >= 0.3 is 6.98 Å². The van der Waals surface area contributed by atoms with Crippen LogP contribution < -0.4 is 29.6 Å². The minimum atomic E-state index is -0.426. The van der Waals surface area contributed by atoms with Crippen LogP contribution in [0.2, 0.25) is 0 Å². The van der Waals surface area contributed by atoms with Crippen molar-refractivity contribution in [3.8, 4) is 45.0 Å². The number of fused-ring (bicyclic) bond motifs is 9. The average molecular weight is 845 g/mol. The summed E-state index contributed by atoms with van der Waals surface area (Å²) in [7, 11) is 0. The molecule has 0 amide bonds. The van der Waals surface area contributed by atoms with Gasteiger partial charge in [-0.2, -0.15) is 4.98 Å². The van der Waals surface area contributed by atoms with Crippen molar-refractivity contribution in [1.82, 2.24) is 4.98 Å². The second kappa shape index (κ2) is 15.4. The molecule has 0 saturated carbocycles. The molecule has 0 unspecified atom stereocenters. The number of benzene rings is 8. The minimum absolute atomic E-state index is 0.128. The zero-order valence-electron chi connectivity index (χ0n) is 41.2. The molecule has 8 aromatic carbocycles. The van der Waals surface area contributed by atoms with Gasteiger partial charge in [0.15, 0.2) is 0 Å². The van der Waals surface area contributed by atoms with Crippen molar-refractivity contribution in [3.63, 3.8) is 0 Å². The molecule has 9 aromatic rings. The van der Waals surface area contributed by atoms with Gasteiger partial charge < -0.3 is 24.2 Å². The first-order valence-corrected chi connectivity index (χ1v) is 22.0. The van der Waals surface area contributed by atoms with Crippen LogP contribution in [0, 0.1) is 0 Å². The van der Waals surface area contributed by atoms with E-state index in [9.17, 15) is 0 Å². The molecule has 312 valence electrons. The molecule has 1 aromatic heterocycles. The maximum absolute atomic E-state index is 9.13. The molecule has 12 rings (SSSR count). The Hall–Kier alpha value is -8.03. The molecule has 0 bridgehead atoms. The first-order valence-electron chi connectivity index (χ1n) is 24.5. The molecule has 0 radical (unpaired) electrons. The summed E-state index contributed by atoms with van der Waals surface area (Å²) in [4.78, 5) is 14.3. The molecule has 0 fully saturated rings. The monoisotopic (exact) mass is 844 g/mol. The summed E-state index contributed by atoms with van der Waals surface area (Å²) in [5.41, 5.74) is 13.9. The van der Waals surface area contributed by atoms with Crippen LogP contribution in [0.15, 0.2) is 212 Å². The Balaban J connectivity index is 0.925. The summed E-state index contributed by atoms with van der Waals surface area (Å²) in [6.45, 7) is 6.75. The van der Waals surface area contributed by atoms with Gasteiger partial charge in [-0.1, -0.05) is 172 Å². The highest BCUT2D eigenvalue weighted by atomic mass is 16.5. The van der Waals surface area contributed by atoms with Gasteiger partial charge in [-0.05, 0) is 81.7 Å². The Labute approximate surface area is 388 Å². The second-order valence-electron chi connectivity index (χ2n) is 17.7. The van der Waals surface area contributed by atoms with Gasteiger partial charge in [0.2, 0.25) is 5.88 Å². The average Bonchev–Trinajstić information content (AvgIpc) is 3.95. The van der Waals surface area contributed by atoms with Gasteiger partial charge in [-0.25, -0.2) is 0 Å². The number of ether oxygens (including phenoxy) is 1. The minimum Gasteiger partial charge on any atom is -0.439 e. The normalized spacial score (nSPS) is 14.6. The van der Waals surface area contributed by atoms with E-state index < -0.39 is 6.04 Å². The van der Waals surface area contributed by atoms with Crippen molar-refractivity contribution >= 4 is 58.1 Å². The van der Waals surface area contributed by atoms with Crippen molar-refractivity contribution in [2.45, 2.75) is 26.2 Å². The van der Waals surface area contributed by atoms with Gasteiger partial charge in [-0.15, -0.1) is 0 Å². The molecule has 3 aliphatic rings. The van der Waals surface area contributed by atoms with Crippen molar-refractivity contribution in [1.29, 1.82) is 0 Å². The summed E-state index contributed by atoms with van der Waals surface area (Å²) < 4.78 is 50.7. The number of hydrogen-bond donors (Lipinski definition) is 0. The number of anilines is 8. The van der Waals surface area contributed by atoms with E-state index >= 15 is 0 Å². The molecule has 7 heteroatoms. The Morgan fingerprint density at radius 2 is 1.14 bits per heavy atom. The van der Waals surface area contributed by atoms with Crippen LogP contribution in [0.3, 0.4) is 0 Å². The standard InChI is InChI=1S/C58H46BN5O/c1-58(2,3)42-22-15-21-41(37-42)46-28-17-27-45(40-19-5-4-6-20-40)57(46)62-39-61(51-31-11-12-32-52(51)62)43-23-16-24-44(38-43)65-56-36-18-35-55(60-56)64-54-34-14-13-33-53(54)63-50-30-10-8-26-48(50)47-25-7-9-29-49(47)59(63)64/h4-38H,39H2,1-3H3/i4D,5D,6D,19D,20D. The molecule has 0 N–H and O–H groups in total. The highest BCUT2D eigenvalue weighted by Gasteiger charge is 2.48. The smallest absolute Gasteiger partial charge is 0.422 e. The number of pyridine rings is 1. The van der Waals surface area contributed by atoms with Crippen molar-refractivity contribution in [2.24, 2.45) is 0 Å². The van der Waals surface area contributed by atoms with E-state index in [0.29, 0.717) is 23.9 Å². The zero-order chi connectivity index (χ0) is 48.0. The third-order valence-corrected chi connectivity index (χ3v) is 12.8. The van der Waals surface area contributed by atoms with Crippen molar-refractivity contribution in [2.75, 3.05) is 26.1 Å². The predicted molar refractivity (Wildman–Crippen MR) is 270 cm³/mol. The third-order valence-electron chi connectivity index (χ3n) is 12.8. The number of nitrogens with zero attached hydrogens (tertiary/aromatic N) is 5. The number of aromatic nitrogens is 1. The number of hydrogen-bond acceptors (Lipinski definition) is 6. The van der Waals surface area contributed by atoms with Crippen molar-refractivity contribution in [3.05, 3.63) is 218 Å². The highest BCUT2D eigenvalue weighted by Crippen LogP contribution is 2.52. The first kappa shape index (κ1) is 33.5. The van der Waals surface area contributed by atoms with E-state index in [1.807, 2.05) is 60.7 Å². The Morgan fingerprint density at radius 1 is 0.523 bits per heavy atom. The van der Waals surface area contributed by atoms with Gasteiger partial charge in [0.25, 0.3) is 0 Å². The molecule has 4 heterocycles. The number of rotatable bonds is 7. The summed E-state index contributed by atoms with van der Waals surface area (Å²) in [6.07, 6.45) is 0. The van der Waals surface area contributed by atoms with Crippen LogP contribution in [0.4, 0.5) is 45.6 Å². The molecule has 6 nitrogen and oxygen atoms in total. The molecular weight excluding hydrogens is 793 g/mol. The Kier molecular flexibility index (Phi) is 7.92. The number of para-hydroxylation sites is 6. The van der Waals surface area contributed by atoms with Crippen LogP contribution in [0.5, 0.6) is 11.6 Å². The summed E-state index contributed by atoms with van der Waals surface area (Å²) in [5.74, 6) is 1.82. The van der Waals surface area contributed by atoms with Crippen LogP contribution >= 0.6 is 0 Å². The second-order valence-corrected chi connectivity index (χ2v) is 17.7. The molecule has 0 saturated heterocycles. The van der Waals surface area contributed by atoms with E-state index in [1.54, 1.807) is 0 Å². The largest absolute Gasteiger partial charge is 0.439 e. The topological polar surface area (TPSA) is 35.1 Å². The van der Waals surface area contributed by atoms with E-state index in [4.69, 9.17) is 16.6 Å². The zero-order valence-corrected chi connectivity index (χ0v) is 36.2. The van der Waals surface area contributed by atoms with Gasteiger partial charge in [0.05, 0.1) is 35.3 Å². The molecule has 3 aliphatic heterocycles. The SMILES string of the molecule is [2H]c1c([2H])c([2H])c(-c2cccc(-c3cccc(C(C)(C)C)c3)c2N2CN(c3cccc(Oc4cccc(N5B6c7ccccc7-c7ccccc7N6c6ccccc65)n4)c3)c3ccccc32)c([2H])c1[2H]. The lowest BCUT2D eigenvalue weighted by Crippen LogP contribution is -2.55. The van der Waals surface area contributed by atoms with Crippen LogP contribution in [0.25, 0.3) is 33.4 Å². The fourth-order valence-corrected chi connectivity index (χ4v) is 9.78. The van der Waals surface area contributed by atoms with Crippen molar-refractivity contribution < 1.29 is 11.6 Å². The highest BCUT2D eigenvalue weighted by molar-refractivity contribution is 6.86. The van der Waals surface area contributed by atoms with Crippen LogP contribution in [0.1, 0.15) is 33.2 Å². The quantitative estimate of drug-likeness (QED) is 0.149. The molecular formula is C58H46BN5O. The van der Waals surface area contributed by atoms with Gasteiger partial charge in [-0.3, -0.25) is 0 Å². The van der Waals surface area contributed by atoms with Gasteiger partial charge in [0.1, 0.15) is 18.2 Å². The summed E-state index contributed by atoms with van der Waals surface area (Å²) in [6, 6.07) is 60.4. The maximum Gasteiger partial charge on any atom is 0.422 e. The summed E-state index contributed by atoms with van der Waals surface area (Å²) >= 11 is 0. The van der Waals surface area contributed by atoms with E-state index in [-0.39, 0.29) is 42.1 Å². The lowest BCUT2D eigenvalue weighted by Gasteiger charge is -2.36. The fraction of sp³-hybridized carbons (Fsp3) is 0.0862. The molecule has 65 heavy (non-hydrogen) atoms. The Morgan fingerprint density at radius 3 is 1.92 bits per heavy atom. The molecule has 0 atom stereocenters. The third kappa shape index (κ3) is 6.53. The first-order chi connectivity index (χ1) is 34.0. The van der Waals surface area contributed by atoms with E-state index in [1.165, 1.54) is 16.6 Å². The van der Waals surface area contributed by atoms with Crippen LogP contribution in [-0.4, -0.2) is 18.6 Å². The molecule has 0 aliphatic carbocycles. The summed E-state index contributed by atoms with van der Waals surface area (Å²) in [5, 5.41) is 0. The predicted octanol–water partition coefficient (Wildman–Crippen LogP) is 14.4. The van der Waals surface area contributed by atoms with E-state index in [0.717, 1.165) is 62.3 Å². The molecule has 0 spiro atoms. The van der Waals surface area contributed by atoms with Gasteiger partial charge in [0, 0.05) is 40.2 Å².